The molecule has 1 atom stereocenters. The van der Waals surface area contributed by atoms with E-state index in [9.17, 15) is 4.79 Å². The van der Waals surface area contributed by atoms with Crippen molar-refractivity contribution >= 4 is 17.6 Å². The van der Waals surface area contributed by atoms with E-state index >= 15 is 0 Å². The van der Waals surface area contributed by atoms with Crippen LogP contribution < -0.4 is 16.0 Å². The second-order valence-corrected chi connectivity index (χ2v) is 9.25. The van der Waals surface area contributed by atoms with Gasteiger partial charge in [-0.25, -0.2) is 0 Å². The molecule has 1 aliphatic carbocycles. The van der Waals surface area contributed by atoms with Gasteiger partial charge in [0, 0.05) is 23.0 Å². The van der Waals surface area contributed by atoms with Gasteiger partial charge in [0.25, 0.3) is 0 Å². The molecule has 0 aromatic heterocycles. The number of hydrogen-bond donors (Lipinski definition) is 3. The highest BCUT2D eigenvalue weighted by Crippen LogP contribution is 2.37. The first-order valence-corrected chi connectivity index (χ1v) is 11.6. The van der Waals surface area contributed by atoms with E-state index in [4.69, 9.17) is 4.99 Å². The second kappa shape index (κ2) is 8.42. The van der Waals surface area contributed by atoms with Crippen molar-refractivity contribution in [3.8, 4) is 0 Å². The van der Waals surface area contributed by atoms with Gasteiger partial charge in [0.15, 0.2) is 5.96 Å². The van der Waals surface area contributed by atoms with Crippen molar-refractivity contribution in [1.82, 2.24) is 15.5 Å². The third-order valence-corrected chi connectivity index (χ3v) is 7.30. The van der Waals surface area contributed by atoms with Crippen molar-refractivity contribution in [3.63, 3.8) is 0 Å². The summed E-state index contributed by atoms with van der Waals surface area (Å²) in [4.78, 5) is 20.1. The number of fused-ring (bicyclic) bond motifs is 3. The molecule has 1 aromatic rings. The van der Waals surface area contributed by atoms with Gasteiger partial charge in [-0.15, -0.1) is 0 Å². The molecule has 6 nitrogen and oxygen atoms in total. The number of likely N-dealkylation sites (tertiary alicyclic amines) is 1. The minimum atomic E-state index is -0.0163. The minimum absolute atomic E-state index is 0.0163. The number of amides is 1. The van der Waals surface area contributed by atoms with Crippen LogP contribution in [0.15, 0.2) is 41.0 Å². The lowest BCUT2D eigenvalue weighted by atomic mass is 9.79. The Morgan fingerprint density at radius 3 is 2.63 bits per heavy atom. The van der Waals surface area contributed by atoms with Crippen molar-refractivity contribution in [3.05, 3.63) is 41.6 Å². The number of rotatable bonds is 3. The normalized spacial score (nSPS) is 27.6. The van der Waals surface area contributed by atoms with Gasteiger partial charge in [-0.1, -0.05) is 43.9 Å². The predicted molar refractivity (Wildman–Crippen MR) is 120 cm³/mol. The van der Waals surface area contributed by atoms with Gasteiger partial charge < -0.3 is 16.0 Å². The summed E-state index contributed by atoms with van der Waals surface area (Å²) in [6.07, 6.45) is 12.9. The third-order valence-electron chi connectivity index (χ3n) is 7.30. The summed E-state index contributed by atoms with van der Waals surface area (Å²) in [5.74, 6) is 0.862. The molecule has 1 saturated heterocycles. The van der Waals surface area contributed by atoms with E-state index in [2.05, 4.69) is 26.9 Å². The Morgan fingerprint density at radius 2 is 1.80 bits per heavy atom. The fourth-order valence-electron chi connectivity index (χ4n) is 5.66. The lowest BCUT2D eigenvalue weighted by Crippen LogP contribution is -2.55. The maximum atomic E-state index is 12.3. The molecule has 30 heavy (non-hydrogen) atoms. The Balaban J connectivity index is 1.38. The van der Waals surface area contributed by atoms with Gasteiger partial charge in [-0.2, -0.15) is 0 Å². The van der Waals surface area contributed by atoms with Crippen LogP contribution in [-0.2, 0) is 4.79 Å². The van der Waals surface area contributed by atoms with E-state index in [0.29, 0.717) is 6.42 Å². The number of nitrogens with one attached hydrogen (secondary N) is 3. The lowest BCUT2D eigenvalue weighted by molar-refractivity contribution is -0.115. The van der Waals surface area contributed by atoms with Crippen molar-refractivity contribution in [1.29, 1.82) is 0 Å². The Kier molecular flexibility index (Phi) is 5.50. The van der Waals surface area contributed by atoms with Crippen molar-refractivity contribution in [2.24, 2.45) is 4.99 Å². The number of hydrogen-bond acceptors (Lipinski definition) is 3. The van der Waals surface area contributed by atoms with Crippen molar-refractivity contribution in [2.45, 2.75) is 69.4 Å². The van der Waals surface area contributed by atoms with Gasteiger partial charge in [0.2, 0.25) is 5.91 Å². The number of para-hydroxylation sites is 1. The van der Waals surface area contributed by atoms with Crippen molar-refractivity contribution in [2.75, 3.05) is 25.0 Å². The molecule has 1 aromatic carbocycles. The number of piperidine rings is 1. The van der Waals surface area contributed by atoms with Crippen molar-refractivity contribution < 1.29 is 4.79 Å². The standard InChI is InChI=1S/C24H33N5O/c30-21-15-18-16-25-23(28-22(18)19-9-3-4-10-20(19)27-21)26-17-24(11-5-1-6-12-24)29-13-7-2-8-14-29/h3-4,9-10,16,22H,1-2,5-8,11-15,17H2,(H,27,30)(H2,25,26,28). The molecule has 1 unspecified atom stereocenters. The van der Waals surface area contributed by atoms with Crippen LogP contribution in [0.2, 0.25) is 0 Å². The summed E-state index contributed by atoms with van der Waals surface area (Å²) in [5, 5.41) is 9.96. The van der Waals surface area contributed by atoms with E-state index in [-0.39, 0.29) is 17.5 Å². The average molecular weight is 408 g/mol. The predicted octanol–water partition coefficient (Wildman–Crippen LogP) is 3.69. The summed E-state index contributed by atoms with van der Waals surface area (Å²) in [6.45, 7) is 3.29. The summed E-state index contributed by atoms with van der Waals surface area (Å²) < 4.78 is 0. The Morgan fingerprint density at radius 1 is 1.03 bits per heavy atom. The molecule has 3 N–H and O–H groups in total. The van der Waals surface area contributed by atoms with E-state index < -0.39 is 0 Å². The monoisotopic (exact) mass is 407 g/mol. The molecule has 4 aliphatic rings. The first-order chi connectivity index (χ1) is 14.7. The van der Waals surface area contributed by atoms with Gasteiger partial charge in [0.05, 0.1) is 19.0 Å². The fraction of sp³-hybridized carbons (Fsp3) is 0.583. The van der Waals surface area contributed by atoms with Crippen LogP contribution in [0.5, 0.6) is 0 Å². The summed E-state index contributed by atoms with van der Waals surface area (Å²) >= 11 is 0. The molecule has 1 saturated carbocycles. The smallest absolute Gasteiger partial charge is 0.228 e. The maximum absolute atomic E-state index is 12.3. The largest absolute Gasteiger partial charge is 0.345 e. The van der Waals surface area contributed by atoms with Crippen LogP contribution in [0.4, 0.5) is 5.69 Å². The highest BCUT2D eigenvalue weighted by molar-refractivity contribution is 5.96. The molecule has 3 heterocycles. The topological polar surface area (TPSA) is 68.8 Å². The Labute approximate surface area is 179 Å². The van der Waals surface area contributed by atoms with Crippen LogP contribution in [0.1, 0.15) is 69.4 Å². The zero-order valence-electron chi connectivity index (χ0n) is 17.8. The number of carbonyl (C=O) groups excluding carboxylic acids is 1. The molecule has 0 spiro atoms. The van der Waals surface area contributed by atoms with Gasteiger partial charge >= 0.3 is 0 Å². The maximum Gasteiger partial charge on any atom is 0.228 e. The number of aliphatic imine (C=N–C) groups is 1. The highest BCUT2D eigenvalue weighted by Gasteiger charge is 2.38. The van der Waals surface area contributed by atoms with Gasteiger partial charge in [-0.3, -0.25) is 14.7 Å². The molecule has 2 fully saturated rings. The van der Waals surface area contributed by atoms with E-state index in [1.54, 1.807) is 0 Å². The van der Waals surface area contributed by atoms with Gasteiger partial charge in [-0.05, 0) is 50.4 Å². The number of nitrogens with zero attached hydrogens (tertiary/aromatic N) is 2. The number of anilines is 1. The summed E-state index contributed by atoms with van der Waals surface area (Å²) in [7, 11) is 0. The summed E-state index contributed by atoms with van der Waals surface area (Å²) in [5.41, 5.74) is 3.27. The minimum Gasteiger partial charge on any atom is -0.345 e. The van der Waals surface area contributed by atoms with Crippen LogP contribution in [0.3, 0.4) is 0 Å². The number of carbonyl (C=O) groups is 1. The lowest BCUT2D eigenvalue weighted by Gasteiger charge is -2.47. The molecule has 5 rings (SSSR count). The quantitative estimate of drug-likeness (QED) is 0.715. The zero-order chi connectivity index (χ0) is 20.4. The highest BCUT2D eigenvalue weighted by atomic mass is 16.1. The van der Waals surface area contributed by atoms with E-state index in [0.717, 1.165) is 29.3 Å². The summed E-state index contributed by atoms with van der Waals surface area (Å²) in [6, 6.07) is 8.05. The molecule has 1 amide bonds. The molecular weight excluding hydrogens is 374 g/mol. The fourth-order valence-corrected chi connectivity index (χ4v) is 5.66. The average Bonchev–Trinajstić information content (AvgIpc) is 2.94. The van der Waals surface area contributed by atoms with Crippen LogP contribution in [-0.4, -0.2) is 41.9 Å². The third kappa shape index (κ3) is 3.85. The van der Waals surface area contributed by atoms with Crippen LogP contribution >= 0.6 is 0 Å². The first-order valence-electron chi connectivity index (χ1n) is 11.6. The van der Waals surface area contributed by atoms with E-state index in [1.165, 1.54) is 64.5 Å². The van der Waals surface area contributed by atoms with Gasteiger partial charge in [0.1, 0.15) is 0 Å². The number of guanidine groups is 1. The molecule has 0 radical (unpaired) electrons. The molecule has 160 valence electrons. The Bertz CT molecular complexity index is 849. The van der Waals surface area contributed by atoms with Crippen LogP contribution in [0.25, 0.3) is 0 Å². The molecule has 0 bridgehead atoms. The van der Waals surface area contributed by atoms with Crippen LogP contribution in [0, 0.1) is 0 Å². The number of benzene rings is 1. The molecule has 3 aliphatic heterocycles. The zero-order valence-corrected chi connectivity index (χ0v) is 17.8. The molecule has 6 heteroatoms. The van der Waals surface area contributed by atoms with E-state index in [1.807, 2.05) is 24.4 Å². The molecular formula is C24H33N5O. The Hall–Kier alpha value is -2.34. The SMILES string of the molecule is O=C1CC2=CNC(=NCC3(N4CCCCC4)CCCCC3)NC2c2ccccc2N1. The first kappa shape index (κ1) is 19.6. The second-order valence-electron chi connectivity index (χ2n) is 9.25.